The highest BCUT2D eigenvalue weighted by Crippen LogP contribution is 2.34. The molecule has 0 aromatic heterocycles. The standard InChI is InChI=1S/C27H43ClN4O3/c1-29-18-24(16-20-8-4-3-5-9-20)31-27(34)32-14-7-11-22(19-32)26(35-15-13-25(33)30-2)21-10-6-12-23(28)17-21/h6,10,12,17,20,22,24,26,29H,3-5,7-9,11,13-16,18-19H2,1-2H3,(H,30,33)(H,31,34)/t22-,24+,26+/m1/s1. The number of halogens is 1. The number of hydrogen-bond donors (Lipinski definition) is 3. The van der Waals surface area contributed by atoms with Crippen molar-refractivity contribution in [3.05, 3.63) is 34.9 Å². The lowest BCUT2D eigenvalue weighted by Crippen LogP contribution is -2.52. The predicted molar refractivity (Wildman–Crippen MR) is 141 cm³/mol. The van der Waals surface area contributed by atoms with Gasteiger partial charge < -0.3 is 25.6 Å². The molecule has 8 heteroatoms. The second-order valence-corrected chi connectivity index (χ2v) is 10.5. The van der Waals surface area contributed by atoms with Crippen molar-refractivity contribution in [2.45, 2.75) is 69.9 Å². The van der Waals surface area contributed by atoms with Crippen LogP contribution in [0, 0.1) is 11.8 Å². The predicted octanol–water partition coefficient (Wildman–Crippen LogP) is 4.51. The van der Waals surface area contributed by atoms with Crippen LogP contribution in [0.25, 0.3) is 0 Å². The number of benzene rings is 1. The number of likely N-dealkylation sites (tertiary alicyclic amines) is 1. The maximum atomic E-state index is 13.3. The Morgan fingerprint density at radius 2 is 1.94 bits per heavy atom. The Bertz CT molecular complexity index is 802. The van der Waals surface area contributed by atoms with E-state index in [0.717, 1.165) is 37.9 Å². The van der Waals surface area contributed by atoms with E-state index >= 15 is 0 Å². The third-order valence-corrected chi connectivity index (χ3v) is 7.61. The van der Waals surface area contributed by atoms with Crippen molar-refractivity contribution in [1.82, 2.24) is 20.9 Å². The fourth-order valence-electron chi connectivity index (χ4n) is 5.56. The molecule has 1 aromatic carbocycles. The van der Waals surface area contributed by atoms with Gasteiger partial charge >= 0.3 is 6.03 Å². The maximum absolute atomic E-state index is 13.3. The van der Waals surface area contributed by atoms with Crippen LogP contribution < -0.4 is 16.0 Å². The maximum Gasteiger partial charge on any atom is 0.317 e. The largest absolute Gasteiger partial charge is 0.373 e. The van der Waals surface area contributed by atoms with Crippen LogP contribution in [0.15, 0.2) is 24.3 Å². The number of rotatable bonds is 11. The number of urea groups is 1. The highest BCUT2D eigenvalue weighted by molar-refractivity contribution is 6.30. The summed E-state index contributed by atoms with van der Waals surface area (Å²) in [6, 6.07) is 7.88. The van der Waals surface area contributed by atoms with E-state index < -0.39 is 0 Å². The fraction of sp³-hybridized carbons (Fsp3) is 0.704. The summed E-state index contributed by atoms with van der Waals surface area (Å²) in [6.45, 7) is 2.48. The molecule has 3 N–H and O–H groups in total. The van der Waals surface area contributed by atoms with Crippen molar-refractivity contribution in [1.29, 1.82) is 0 Å². The van der Waals surface area contributed by atoms with Crippen molar-refractivity contribution < 1.29 is 14.3 Å². The molecule has 196 valence electrons. The Morgan fingerprint density at radius 3 is 2.66 bits per heavy atom. The van der Waals surface area contributed by atoms with Crippen molar-refractivity contribution in [2.24, 2.45) is 11.8 Å². The van der Waals surface area contributed by atoms with Crippen LogP contribution >= 0.6 is 11.6 Å². The van der Waals surface area contributed by atoms with Gasteiger partial charge in [-0.3, -0.25) is 4.79 Å². The lowest BCUT2D eigenvalue weighted by atomic mass is 9.85. The topological polar surface area (TPSA) is 82.7 Å². The molecular formula is C27H43ClN4O3. The molecule has 7 nitrogen and oxygen atoms in total. The first-order chi connectivity index (χ1) is 17.0. The highest BCUT2D eigenvalue weighted by atomic mass is 35.5. The fourth-order valence-corrected chi connectivity index (χ4v) is 5.76. The summed E-state index contributed by atoms with van der Waals surface area (Å²) in [5.74, 6) is 0.796. The third kappa shape index (κ3) is 8.96. The molecule has 0 bridgehead atoms. The van der Waals surface area contributed by atoms with Crippen LogP contribution in [0.2, 0.25) is 5.02 Å². The quantitative estimate of drug-likeness (QED) is 0.412. The van der Waals surface area contributed by atoms with E-state index in [2.05, 4.69) is 16.0 Å². The zero-order chi connectivity index (χ0) is 25.0. The molecule has 35 heavy (non-hydrogen) atoms. The normalized spacial score (nSPS) is 20.8. The summed E-state index contributed by atoms with van der Waals surface area (Å²) >= 11 is 6.28. The van der Waals surface area contributed by atoms with Crippen LogP contribution in [0.1, 0.15) is 69.5 Å². The van der Waals surface area contributed by atoms with Gasteiger partial charge in [0.05, 0.1) is 12.7 Å². The van der Waals surface area contributed by atoms with Gasteiger partial charge in [-0.25, -0.2) is 4.79 Å². The van der Waals surface area contributed by atoms with E-state index in [1.807, 2.05) is 36.2 Å². The van der Waals surface area contributed by atoms with Gasteiger partial charge in [0.1, 0.15) is 0 Å². The number of nitrogens with zero attached hydrogens (tertiary/aromatic N) is 1. The summed E-state index contributed by atoms with van der Waals surface area (Å²) in [6.07, 6.45) is 9.52. The van der Waals surface area contributed by atoms with Crippen LogP contribution in [0.3, 0.4) is 0 Å². The number of carbonyl (C=O) groups excluding carboxylic acids is 2. The van der Waals surface area contributed by atoms with Gasteiger partial charge in [0, 0.05) is 50.1 Å². The summed E-state index contributed by atoms with van der Waals surface area (Å²) in [5.41, 5.74) is 0.993. The summed E-state index contributed by atoms with van der Waals surface area (Å²) in [7, 11) is 3.58. The summed E-state index contributed by atoms with van der Waals surface area (Å²) < 4.78 is 6.26. The number of carbonyl (C=O) groups is 2. The van der Waals surface area contributed by atoms with E-state index in [1.54, 1.807) is 7.05 Å². The first kappa shape index (κ1) is 27.8. The number of amides is 3. The van der Waals surface area contributed by atoms with Crippen LogP contribution in [-0.2, 0) is 9.53 Å². The van der Waals surface area contributed by atoms with E-state index in [0.29, 0.717) is 30.5 Å². The van der Waals surface area contributed by atoms with Crippen molar-refractivity contribution in [3.63, 3.8) is 0 Å². The van der Waals surface area contributed by atoms with E-state index in [-0.39, 0.29) is 30.0 Å². The van der Waals surface area contributed by atoms with E-state index in [1.165, 1.54) is 32.1 Å². The summed E-state index contributed by atoms with van der Waals surface area (Å²) in [5, 5.41) is 9.87. The molecule has 3 rings (SSSR count). The molecule has 0 spiro atoms. The van der Waals surface area contributed by atoms with Gasteiger partial charge in [0.2, 0.25) is 5.91 Å². The average molecular weight is 507 g/mol. The average Bonchev–Trinajstić information content (AvgIpc) is 2.87. The number of ether oxygens (including phenoxy) is 1. The van der Waals surface area contributed by atoms with Crippen LogP contribution in [-0.4, -0.2) is 63.2 Å². The smallest absolute Gasteiger partial charge is 0.317 e. The van der Waals surface area contributed by atoms with Gasteiger partial charge in [0.15, 0.2) is 0 Å². The highest BCUT2D eigenvalue weighted by Gasteiger charge is 2.32. The molecule has 1 saturated heterocycles. The van der Waals surface area contributed by atoms with Gasteiger partial charge in [-0.1, -0.05) is 55.8 Å². The molecular weight excluding hydrogens is 464 g/mol. The minimum atomic E-state index is -0.218. The second kappa shape index (κ2) is 14.7. The van der Waals surface area contributed by atoms with E-state index in [9.17, 15) is 9.59 Å². The molecule has 0 radical (unpaired) electrons. The van der Waals surface area contributed by atoms with Crippen molar-refractivity contribution in [2.75, 3.05) is 40.3 Å². The van der Waals surface area contributed by atoms with Gasteiger partial charge in [-0.15, -0.1) is 0 Å². The van der Waals surface area contributed by atoms with Crippen LogP contribution in [0.5, 0.6) is 0 Å². The zero-order valence-corrected chi connectivity index (χ0v) is 22.1. The SMILES string of the molecule is CNC[C@H](CC1CCCCC1)NC(=O)N1CCC[C@@H]([C@@H](OCCC(=O)NC)c2cccc(Cl)c2)C1. The minimum Gasteiger partial charge on any atom is -0.373 e. The first-order valence-electron chi connectivity index (χ1n) is 13.3. The number of piperidine rings is 1. The monoisotopic (exact) mass is 506 g/mol. The second-order valence-electron chi connectivity index (χ2n) is 10.1. The lowest BCUT2D eigenvalue weighted by Gasteiger charge is -2.38. The molecule has 2 fully saturated rings. The number of hydrogen-bond acceptors (Lipinski definition) is 4. The Hall–Kier alpha value is -1.83. The lowest BCUT2D eigenvalue weighted by molar-refractivity contribution is -0.122. The van der Waals surface area contributed by atoms with Gasteiger partial charge in [0.25, 0.3) is 0 Å². The Balaban J connectivity index is 1.63. The van der Waals surface area contributed by atoms with Crippen LogP contribution in [0.4, 0.5) is 4.79 Å². The molecule has 0 unspecified atom stereocenters. The molecule has 1 aliphatic carbocycles. The molecule has 2 aliphatic rings. The summed E-state index contributed by atoms with van der Waals surface area (Å²) in [4.78, 5) is 27.0. The Morgan fingerprint density at radius 1 is 1.14 bits per heavy atom. The molecule has 1 aromatic rings. The van der Waals surface area contributed by atoms with Crippen molar-refractivity contribution >= 4 is 23.5 Å². The third-order valence-electron chi connectivity index (χ3n) is 7.38. The molecule has 3 atom stereocenters. The van der Waals surface area contributed by atoms with Gasteiger partial charge in [-0.05, 0) is 49.9 Å². The molecule has 1 heterocycles. The number of nitrogens with one attached hydrogen (secondary N) is 3. The first-order valence-corrected chi connectivity index (χ1v) is 13.7. The molecule has 3 amide bonds. The zero-order valence-electron chi connectivity index (χ0n) is 21.4. The Kier molecular flexibility index (Phi) is 11.6. The molecule has 1 aliphatic heterocycles. The molecule has 1 saturated carbocycles. The van der Waals surface area contributed by atoms with Crippen molar-refractivity contribution in [3.8, 4) is 0 Å². The van der Waals surface area contributed by atoms with Gasteiger partial charge in [-0.2, -0.15) is 0 Å². The number of likely N-dealkylation sites (N-methyl/N-ethyl adjacent to an activating group) is 1. The Labute approximate surface area is 215 Å². The van der Waals surface area contributed by atoms with E-state index in [4.69, 9.17) is 16.3 Å². The minimum absolute atomic E-state index is 0.0148.